The summed E-state index contributed by atoms with van der Waals surface area (Å²) in [6.07, 6.45) is 0.110. The van der Waals surface area contributed by atoms with Crippen LogP contribution in [0.3, 0.4) is 0 Å². The molecule has 0 bridgehead atoms. The Bertz CT molecular complexity index is 706. The lowest BCUT2D eigenvalue weighted by molar-refractivity contribution is -0.121. The van der Waals surface area contributed by atoms with Crippen molar-refractivity contribution in [3.05, 3.63) is 60.7 Å². The molecule has 1 fully saturated rings. The van der Waals surface area contributed by atoms with E-state index >= 15 is 0 Å². The van der Waals surface area contributed by atoms with Crippen molar-refractivity contribution < 1.29 is 14.3 Å². The molecule has 124 valence electrons. The summed E-state index contributed by atoms with van der Waals surface area (Å²) in [5.74, 6) is 0.174. The standard InChI is InChI=1S/C18H19N3O3/c19-17(22)16-11-15(24-14-9-5-2-6-10-14)12-21(16)18(23)20-13-7-3-1-4-8-13/h1-10,15-16H,11-12H2,(H2,19,22)(H,20,23)/t15-,16-/m0/s1. The van der Waals surface area contributed by atoms with Crippen molar-refractivity contribution in [3.8, 4) is 5.75 Å². The molecule has 0 spiro atoms. The van der Waals surface area contributed by atoms with E-state index in [2.05, 4.69) is 5.32 Å². The lowest BCUT2D eigenvalue weighted by Crippen LogP contribution is -2.45. The Labute approximate surface area is 140 Å². The van der Waals surface area contributed by atoms with Crippen LogP contribution in [0.4, 0.5) is 10.5 Å². The average Bonchev–Trinajstić information content (AvgIpc) is 3.01. The predicted octanol–water partition coefficient (Wildman–Crippen LogP) is 2.23. The zero-order chi connectivity index (χ0) is 16.9. The minimum absolute atomic E-state index is 0.272. The van der Waals surface area contributed by atoms with E-state index in [1.165, 1.54) is 4.90 Å². The van der Waals surface area contributed by atoms with E-state index in [1.807, 2.05) is 48.5 Å². The van der Waals surface area contributed by atoms with Crippen LogP contribution >= 0.6 is 0 Å². The molecule has 0 unspecified atom stereocenters. The number of hydrogen-bond acceptors (Lipinski definition) is 3. The van der Waals surface area contributed by atoms with Crippen LogP contribution in [-0.4, -0.2) is 35.5 Å². The number of ether oxygens (including phenoxy) is 1. The maximum atomic E-state index is 12.5. The molecule has 1 saturated heterocycles. The van der Waals surface area contributed by atoms with Crippen molar-refractivity contribution in [1.29, 1.82) is 0 Å². The van der Waals surface area contributed by atoms with Crippen molar-refractivity contribution >= 4 is 17.6 Å². The molecule has 2 aromatic carbocycles. The second-order valence-electron chi connectivity index (χ2n) is 5.66. The minimum Gasteiger partial charge on any atom is -0.488 e. The van der Waals surface area contributed by atoms with Gasteiger partial charge in [0.25, 0.3) is 0 Å². The van der Waals surface area contributed by atoms with Crippen molar-refractivity contribution in [2.75, 3.05) is 11.9 Å². The monoisotopic (exact) mass is 325 g/mol. The highest BCUT2D eigenvalue weighted by Crippen LogP contribution is 2.24. The quantitative estimate of drug-likeness (QED) is 0.904. The fourth-order valence-corrected chi connectivity index (χ4v) is 2.79. The van der Waals surface area contributed by atoms with Crippen LogP contribution in [0, 0.1) is 0 Å². The Morgan fingerprint density at radius 1 is 1.04 bits per heavy atom. The fourth-order valence-electron chi connectivity index (χ4n) is 2.79. The number of anilines is 1. The number of nitrogens with zero attached hydrogens (tertiary/aromatic N) is 1. The van der Waals surface area contributed by atoms with E-state index in [9.17, 15) is 9.59 Å². The molecule has 0 aliphatic carbocycles. The summed E-state index contributed by atoms with van der Waals surface area (Å²) in [7, 11) is 0. The molecule has 2 atom stereocenters. The van der Waals surface area contributed by atoms with Crippen LogP contribution in [0.2, 0.25) is 0 Å². The highest BCUT2D eigenvalue weighted by molar-refractivity contribution is 5.93. The van der Waals surface area contributed by atoms with E-state index < -0.39 is 11.9 Å². The van der Waals surface area contributed by atoms with Crippen molar-refractivity contribution in [3.63, 3.8) is 0 Å². The van der Waals surface area contributed by atoms with Gasteiger partial charge in [0, 0.05) is 12.1 Å². The summed E-state index contributed by atoms with van der Waals surface area (Å²) in [6.45, 7) is 0.307. The molecule has 2 aromatic rings. The maximum absolute atomic E-state index is 12.5. The molecule has 0 aromatic heterocycles. The number of nitrogens with two attached hydrogens (primary N) is 1. The predicted molar refractivity (Wildman–Crippen MR) is 90.6 cm³/mol. The summed E-state index contributed by atoms with van der Waals surface area (Å²) in [5, 5.41) is 2.78. The molecule has 0 radical (unpaired) electrons. The summed E-state index contributed by atoms with van der Waals surface area (Å²) >= 11 is 0. The number of primary amides is 1. The van der Waals surface area contributed by atoms with Gasteiger partial charge >= 0.3 is 6.03 Å². The van der Waals surface area contributed by atoms with E-state index in [0.717, 1.165) is 0 Å². The lowest BCUT2D eigenvalue weighted by Gasteiger charge is -2.22. The number of nitrogens with one attached hydrogen (secondary N) is 1. The Kier molecular flexibility index (Phi) is 4.65. The topological polar surface area (TPSA) is 84.7 Å². The van der Waals surface area contributed by atoms with Gasteiger partial charge in [-0.1, -0.05) is 36.4 Å². The first-order chi connectivity index (χ1) is 11.6. The normalized spacial score (nSPS) is 19.8. The first-order valence-corrected chi connectivity index (χ1v) is 7.77. The zero-order valence-corrected chi connectivity index (χ0v) is 13.1. The molecule has 6 heteroatoms. The number of carbonyl (C=O) groups excluding carboxylic acids is 2. The molecule has 3 amide bonds. The van der Waals surface area contributed by atoms with Crippen LogP contribution in [-0.2, 0) is 4.79 Å². The molecule has 24 heavy (non-hydrogen) atoms. The highest BCUT2D eigenvalue weighted by Gasteiger charge is 2.39. The SMILES string of the molecule is NC(=O)[C@@H]1C[C@H](Oc2ccccc2)CN1C(=O)Nc1ccccc1. The van der Waals surface area contributed by atoms with Crippen molar-refractivity contribution in [2.24, 2.45) is 5.73 Å². The number of carbonyl (C=O) groups is 2. The number of amides is 3. The summed E-state index contributed by atoms with van der Waals surface area (Å²) in [4.78, 5) is 25.6. The van der Waals surface area contributed by atoms with Crippen molar-refractivity contribution in [1.82, 2.24) is 4.90 Å². The number of hydrogen-bond donors (Lipinski definition) is 2. The maximum Gasteiger partial charge on any atom is 0.322 e. The first kappa shape index (κ1) is 15.9. The molecule has 1 aliphatic rings. The Morgan fingerprint density at radius 2 is 1.67 bits per heavy atom. The van der Waals surface area contributed by atoms with Gasteiger partial charge in [-0.15, -0.1) is 0 Å². The third-order valence-corrected chi connectivity index (χ3v) is 3.92. The first-order valence-electron chi connectivity index (χ1n) is 7.77. The smallest absolute Gasteiger partial charge is 0.322 e. The number of para-hydroxylation sites is 2. The second-order valence-corrected chi connectivity index (χ2v) is 5.66. The third-order valence-electron chi connectivity index (χ3n) is 3.92. The lowest BCUT2D eigenvalue weighted by atomic mass is 10.2. The van der Waals surface area contributed by atoms with Gasteiger partial charge in [-0.3, -0.25) is 4.79 Å². The van der Waals surface area contributed by atoms with Crippen LogP contribution < -0.4 is 15.8 Å². The molecule has 6 nitrogen and oxygen atoms in total. The minimum atomic E-state index is -0.678. The fraction of sp³-hybridized carbons (Fsp3) is 0.222. The van der Waals surface area contributed by atoms with Crippen LogP contribution in [0.15, 0.2) is 60.7 Å². The van der Waals surface area contributed by atoms with E-state index in [1.54, 1.807) is 12.1 Å². The Hall–Kier alpha value is -3.02. The average molecular weight is 325 g/mol. The van der Waals surface area contributed by atoms with Gasteiger partial charge in [-0.2, -0.15) is 0 Å². The number of rotatable bonds is 4. The van der Waals surface area contributed by atoms with Gasteiger partial charge in [0.2, 0.25) is 5.91 Å². The molecule has 3 N–H and O–H groups in total. The Morgan fingerprint density at radius 3 is 2.29 bits per heavy atom. The molecule has 0 saturated carbocycles. The van der Waals surface area contributed by atoms with E-state index in [-0.39, 0.29) is 12.1 Å². The van der Waals surface area contributed by atoms with Gasteiger partial charge in [0.05, 0.1) is 6.54 Å². The summed E-state index contributed by atoms with van der Waals surface area (Å²) < 4.78 is 5.86. The number of likely N-dealkylation sites (tertiary alicyclic amines) is 1. The van der Waals surface area contributed by atoms with Gasteiger partial charge in [0.15, 0.2) is 0 Å². The molecular weight excluding hydrogens is 306 g/mol. The second kappa shape index (κ2) is 7.04. The van der Waals surface area contributed by atoms with Gasteiger partial charge in [0.1, 0.15) is 17.9 Å². The summed E-state index contributed by atoms with van der Waals surface area (Å²) in [6, 6.07) is 17.4. The molecule has 3 rings (SSSR count). The number of urea groups is 1. The van der Waals surface area contributed by atoms with Crippen molar-refractivity contribution in [2.45, 2.75) is 18.6 Å². The number of benzene rings is 2. The van der Waals surface area contributed by atoms with E-state index in [0.29, 0.717) is 24.4 Å². The highest BCUT2D eigenvalue weighted by atomic mass is 16.5. The van der Waals surface area contributed by atoms with Crippen LogP contribution in [0.5, 0.6) is 5.75 Å². The molecule has 1 heterocycles. The third kappa shape index (κ3) is 3.65. The van der Waals surface area contributed by atoms with Gasteiger partial charge in [-0.05, 0) is 24.3 Å². The molecular formula is C18H19N3O3. The largest absolute Gasteiger partial charge is 0.488 e. The van der Waals surface area contributed by atoms with Crippen LogP contribution in [0.25, 0.3) is 0 Å². The van der Waals surface area contributed by atoms with E-state index in [4.69, 9.17) is 10.5 Å². The zero-order valence-electron chi connectivity index (χ0n) is 13.1. The van der Waals surface area contributed by atoms with Gasteiger partial charge in [-0.25, -0.2) is 4.79 Å². The van der Waals surface area contributed by atoms with Gasteiger partial charge < -0.3 is 20.7 Å². The Balaban J connectivity index is 1.69. The molecule has 1 aliphatic heterocycles. The van der Waals surface area contributed by atoms with Crippen LogP contribution in [0.1, 0.15) is 6.42 Å². The summed E-state index contributed by atoms with van der Waals surface area (Å²) in [5.41, 5.74) is 6.12.